The van der Waals surface area contributed by atoms with Gasteiger partial charge in [-0.25, -0.2) is 0 Å². The van der Waals surface area contributed by atoms with Crippen LogP contribution < -0.4 is 11.1 Å². The van der Waals surface area contributed by atoms with Crippen molar-refractivity contribution in [2.75, 3.05) is 18.9 Å². The second-order valence-electron chi connectivity index (χ2n) is 4.99. The van der Waals surface area contributed by atoms with Crippen molar-refractivity contribution < 1.29 is 9.90 Å². The van der Waals surface area contributed by atoms with E-state index in [1.807, 2.05) is 0 Å². The summed E-state index contributed by atoms with van der Waals surface area (Å²) in [5.74, 6) is 1.12. The minimum Gasteiger partial charge on any atom is -0.396 e. The van der Waals surface area contributed by atoms with Crippen molar-refractivity contribution >= 4 is 11.7 Å². The van der Waals surface area contributed by atoms with Crippen molar-refractivity contribution in [3.05, 3.63) is 11.8 Å². The van der Waals surface area contributed by atoms with Crippen molar-refractivity contribution in [3.8, 4) is 0 Å². The highest BCUT2D eigenvalue weighted by Gasteiger charge is 2.21. The predicted molar refractivity (Wildman–Crippen MR) is 67.9 cm³/mol. The molecule has 0 aliphatic heterocycles. The molecule has 1 fully saturated rings. The van der Waals surface area contributed by atoms with Gasteiger partial charge in [-0.05, 0) is 37.5 Å². The Morgan fingerprint density at radius 2 is 2.11 bits per heavy atom. The van der Waals surface area contributed by atoms with E-state index in [9.17, 15) is 4.79 Å². The lowest BCUT2D eigenvalue weighted by molar-refractivity contribution is 0.0932. The van der Waals surface area contributed by atoms with Crippen molar-refractivity contribution in [2.45, 2.75) is 25.7 Å². The largest absolute Gasteiger partial charge is 0.396 e. The molecule has 1 heterocycles. The molecular formula is C12H20N4O2. The average Bonchev–Trinajstić information content (AvgIpc) is 2.83. The SMILES string of the molecule is Nc1cc(C(=O)NCC2CCC(CO)CC2)[nH]n1. The zero-order chi connectivity index (χ0) is 13.0. The maximum Gasteiger partial charge on any atom is 0.269 e. The number of nitrogen functional groups attached to an aromatic ring is 1. The van der Waals surface area contributed by atoms with Crippen molar-refractivity contribution in [3.63, 3.8) is 0 Å². The van der Waals surface area contributed by atoms with Crippen molar-refractivity contribution in [1.82, 2.24) is 15.5 Å². The van der Waals surface area contributed by atoms with Crippen LogP contribution in [-0.2, 0) is 0 Å². The quantitative estimate of drug-likeness (QED) is 0.627. The number of amides is 1. The first-order valence-corrected chi connectivity index (χ1v) is 6.39. The minimum atomic E-state index is -0.163. The number of aliphatic hydroxyl groups excluding tert-OH is 1. The number of H-pyrrole nitrogens is 1. The Morgan fingerprint density at radius 1 is 1.44 bits per heavy atom. The van der Waals surface area contributed by atoms with E-state index in [1.54, 1.807) is 0 Å². The van der Waals surface area contributed by atoms with Gasteiger partial charge in [0.05, 0.1) is 0 Å². The lowest BCUT2D eigenvalue weighted by Gasteiger charge is -2.27. The smallest absolute Gasteiger partial charge is 0.269 e. The molecule has 1 aliphatic carbocycles. The summed E-state index contributed by atoms with van der Waals surface area (Å²) in [4.78, 5) is 11.7. The van der Waals surface area contributed by atoms with Crippen LogP contribution in [0.1, 0.15) is 36.2 Å². The molecule has 1 aromatic heterocycles. The predicted octanol–water partition coefficient (Wildman–Crippen LogP) is 0.520. The topological polar surface area (TPSA) is 104 Å². The number of nitrogens with two attached hydrogens (primary N) is 1. The van der Waals surface area contributed by atoms with E-state index in [4.69, 9.17) is 10.8 Å². The molecule has 6 nitrogen and oxygen atoms in total. The lowest BCUT2D eigenvalue weighted by Crippen LogP contribution is -2.31. The Kier molecular flexibility index (Phi) is 4.19. The summed E-state index contributed by atoms with van der Waals surface area (Å²) in [5, 5.41) is 18.2. The Balaban J connectivity index is 1.74. The minimum absolute atomic E-state index is 0.163. The Bertz CT molecular complexity index is 397. The number of hydrogen-bond donors (Lipinski definition) is 4. The zero-order valence-corrected chi connectivity index (χ0v) is 10.4. The molecule has 0 saturated heterocycles. The third kappa shape index (κ3) is 3.22. The first-order chi connectivity index (χ1) is 8.69. The number of aromatic amines is 1. The van der Waals surface area contributed by atoms with Gasteiger partial charge in [0.25, 0.3) is 5.91 Å². The van der Waals surface area contributed by atoms with Crippen LogP contribution in [0.5, 0.6) is 0 Å². The summed E-state index contributed by atoms with van der Waals surface area (Å²) in [5.41, 5.74) is 5.84. The van der Waals surface area contributed by atoms with Gasteiger partial charge in [-0.3, -0.25) is 9.89 Å². The molecule has 0 radical (unpaired) electrons. The van der Waals surface area contributed by atoms with E-state index in [2.05, 4.69) is 15.5 Å². The monoisotopic (exact) mass is 252 g/mol. The first-order valence-electron chi connectivity index (χ1n) is 6.39. The van der Waals surface area contributed by atoms with E-state index in [-0.39, 0.29) is 12.5 Å². The summed E-state index contributed by atoms with van der Waals surface area (Å²) in [7, 11) is 0. The van der Waals surface area contributed by atoms with E-state index in [0.717, 1.165) is 25.7 Å². The van der Waals surface area contributed by atoms with Crippen LogP contribution in [0.4, 0.5) is 5.82 Å². The molecule has 5 N–H and O–H groups in total. The molecule has 1 aromatic rings. The van der Waals surface area contributed by atoms with Gasteiger partial charge < -0.3 is 16.2 Å². The van der Waals surface area contributed by atoms with Gasteiger partial charge in [-0.1, -0.05) is 0 Å². The maximum atomic E-state index is 11.7. The van der Waals surface area contributed by atoms with Crippen molar-refractivity contribution in [2.24, 2.45) is 11.8 Å². The van der Waals surface area contributed by atoms with Gasteiger partial charge in [0.1, 0.15) is 11.5 Å². The van der Waals surface area contributed by atoms with Crippen LogP contribution >= 0.6 is 0 Å². The highest BCUT2D eigenvalue weighted by atomic mass is 16.3. The normalized spacial score (nSPS) is 23.8. The summed E-state index contributed by atoms with van der Waals surface area (Å²) in [6.07, 6.45) is 4.23. The third-order valence-electron chi connectivity index (χ3n) is 3.62. The number of aromatic nitrogens is 2. The zero-order valence-electron chi connectivity index (χ0n) is 10.4. The summed E-state index contributed by atoms with van der Waals surface area (Å²) < 4.78 is 0. The highest BCUT2D eigenvalue weighted by Crippen LogP contribution is 2.27. The van der Waals surface area contributed by atoms with Gasteiger partial charge in [0, 0.05) is 19.2 Å². The molecule has 0 spiro atoms. The van der Waals surface area contributed by atoms with Crippen LogP contribution in [0.25, 0.3) is 0 Å². The number of carbonyl (C=O) groups excluding carboxylic acids is 1. The Hall–Kier alpha value is -1.56. The number of anilines is 1. The fraction of sp³-hybridized carbons (Fsp3) is 0.667. The summed E-state index contributed by atoms with van der Waals surface area (Å²) in [6, 6.07) is 1.53. The molecule has 0 unspecified atom stereocenters. The number of rotatable bonds is 4. The molecule has 100 valence electrons. The van der Waals surface area contributed by atoms with Crippen LogP contribution in [0.15, 0.2) is 6.07 Å². The van der Waals surface area contributed by atoms with Crippen LogP contribution in [0.2, 0.25) is 0 Å². The van der Waals surface area contributed by atoms with E-state index >= 15 is 0 Å². The molecule has 18 heavy (non-hydrogen) atoms. The second-order valence-corrected chi connectivity index (χ2v) is 4.99. The fourth-order valence-electron chi connectivity index (χ4n) is 2.40. The Labute approximate surface area is 106 Å². The van der Waals surface area contributed by atoms with Crippen molar-refractivity contribution in [1.29, 1.82) is 0 Å². The van der Waals surface area contributed by atoms with Gasteiger partial charge in [0.15, 0.2) is 0 Å². The summed E-state index contributed by atoms with van der Waals surface area (Å²) in [6.45, 7) is 0.961. The molecule has 2 rings (SSSR count). The molecule has 1 amide bonds. The molecule has 1 aliphatic rings. The first kappa shape index (κ1) is 12.9. The lowest BCUT2D eigenvalue weighted by atomic mass is 9.82. The van der Waals surface area contributed by atoms with Gasteiger partial charge in [-0.15, -0.1) is 0 Å². The number of hydrogen-bond acceptors (Lipinski definition) is 4. The molecule has 1 saturated carbocycles. The average molecular weight is 252 g/mol. The van der Waals surface area contributed by atoms with Gasteiger partial charge in [0.2, 0.25) is 0 Å². The van der Waals surface area contributed by atoms with E-state index < -0.39 is 0 Å². The van der Waals surface area contributed by atoms with Crippen LogP contribution in [0.3, 0.4) is 0 Å². The number of aliphatic hydroxyl groups is 1. The number of nitrogens with zero attached hydrogens (tertiary/aromatic N) is 1. The standard InChI is InChI=1S/C12H20N4O2/c13-11-5-10(15-16-11)12(18)14-6-8-1-3-9(7-17)4-2-8/h5,8-9,17H,1-4,6-7H2,(H,14,18)(H3,13,15,16). The molecule has 0 bridgehead atoms. The molecular weight excluding hydrogens is 232 g/mol. The van der Waals surface area contributed by atoms with Gasteiger partial charge in [-0.2, -0.15) is 5.10 Å². The number of carbonyl (C=O) groups is 1. The number of nitrogens with one attached hydrogen (secondary N) is 2. The Morgan fingerprint density at radius 3 is 2.67 bits per heavy atom. The van der Waals surface area contributed by atoms with Gasteiger partial charge >= 0.3 is 0 Å². The van der Waals surface area contributed by atoms with E-state index in [1.165, 1.54) is 6.07 Å². The van der Waals surface area contributed by atoms with Crippen LogP contribution in [-0.4, -0.2) is 34.4 Å². The summed E-state index contributed by atoms with van der Waals surface area (Å²) >= 11 is 0. The molecule has 0 atom stereocenters. The third-order valence-corrected chi connectivity index (χ3v) is 3.62. The van der Waals surface area contributed by atoms with Crippen LogP contribution in [0, 0.1) is 11.8 Å². The fourth-order valence-corrected chi connectivity index (χ4v) is 2.40. The second kappa shape index (κ2) is 5.86. The molecule has 0 aromatic carbocycles. The maximum absolute atomic E-state index is 11.7. The highest BCUT2D eigenvalue weighted by molar-refractivity contribution is 5.92. The molecule has 6 heteroatoms. The van der Waals surface area contributed by atoms with E-state index in [0.29, 0.717) is 29.9 Å².